The summed E-state index contributed by atoms with van der Waals surface area (Å²) in [4.78, 5) is 14.8. The molecule has 0 radical (unpaired) electrons. The normalized spacial score (nSPS) is 21.6. The minimum absolute atomic E-state index is 0.264. The van der Waals surface area contributed by atoms with E-state index in [4.69, 9.17) is 11.6 Å². The first-order valence-electron chi connectivity index (χ1n) is 9.48. The van der Waals surface area contributed by atoms with Crippen molar-refractivity contribution in [2.24, 2.45) is 0 Å². The molecule has 1 aliphatic heterocycles. The molecular weight excluding hydrogens is 397 g/mol. The minimum Gasteiger partial charge on any atom is -0.391 e. The van der Waals surface area contributed by atoms with Crippen molar-refractivity contribution in [3.63, 3.8) is 0 Å². The maximum absolute atomic E-state index is 13.4. The van der Waals surface area contributed by atoms with E-state index in [0.29, 0.717) is 41.6 Å². The zero-order valence-electron chi connectivity index (χ0n) is 15.4. The highest BCUT2D eigenvalue weighted by molar-refractivity contribution is 6.31. The van der Waals surface area contributed by atoms with Gasteiger partial charge < -0.3 is 15.3 Å². The van der Waals surface area contributed by atoms with E-state index in [9.17, 15) is 9.50 Å². The number of aliphatic hydroxyl groups excluding tert-OH is 1. The monoisotopic (exact) mass is 415 g/mol. The van der Waals surface area contributed by atoms with Crippen LogP contribution >= 0.6 is 11.6 Å². The number of nitrogens with zero attached hydrogens (tertiary/aromatic N) is 5. The maximum Gasteiger partial charge on any atom is 0.233 e. The van der Waals surface area contributed by atoms with Gasteiger partial charge in [-0.2, -0.15) is 10.1 Å². The fourth-order valence-corrected chi connectivity index (χ4v) is 4.00. The molecular formula is C19H19ClFN7O. The smallest absolute Gasteiger partial charge is 0.233 e. The molecule has 0 amide bonds. The lowest BCUT2D eigenvalue weighted by Crippen LogP contribution is -2.26. The van der Waals surface area contributed by atoms with Gasteiger partial charge in [0.15, 0.2) is 5.82 Å². The number of rotatable bonds is 5. The van der Waals surface area contributed by atoms with Crippen molar-refractivity contribution in [1.82, 2.24) is 25.1 Å². The van der Waals surface area contributed by atoms with Gasteiger partial charge in [-0.25, -0.2) is 14.4 Å². The van der Waals surface area contributed by atoms with Gasteiger partial charge in [-0.3, -0.25) is 5.10 Å². The van der Waals surface area contributed by atoms with Crippen LogP contribution in [0.4, 0.5) is 22.1 Å². The van der Waals surface area contributed by atoms with E-state index in [2.05, 4.69) is 30.5 Å². The number of hydrogen-bond acceptors (Lipinski definition) is 7. The predicted octanol–water partition coefficient (Wildman–Crippen LogP) is 3.32. The van der Waals surface area contributed by atoms with Gasteiger partial charge >= 0.3 is 0 Å². The van der Waals surface area contributed by atoms with E-state index in [-0.39, 0.29) is 6.04 Å². The Hall–Kier alpha value is -2.78. The molecule has 2 fully saturated rings. The van der Waals surface area contributed by atoms with Crippen LogP contribution in [0.2, 0.25) is 5.02 Å². The van der Waals surface area contributed by atoms with Gasteiger partial charge in [-0.05, 0) is 37.0 Å². The molecule has 1 aromatic carbocycles. The standard InChI is InChI=1S/C19H19ClFN7O/c20-14-5-11(21)3-4-13(14)16-6-12(29)8-28(16)19-23-9-22-18(25-19)24-17-7-15(26-27-17)10-1-2-10/h3-5,7,9-10,12,16,29H,1-2,6,8H2,(H2,22,23,24,25,26,27). The van der Waals surface area contributed by atoms with E-state index in [1.807, 2.05) is 11.0 Å². The molecule has 3 aromatic rings. The summed E-state index contributed by atoms with van der Waals surface area (Å²) in [6.45, 7) is 0.343. The van der Waals surface area contributed by atoms with Crippen molar-refractivity contribution in [3.05, 3.63) is 52.7 Å². The molecule has 1 saturated heterocycles. The quantitative estimate of drug-likeness (QED) is 0.587. The molecule has 10 heteroatoms. The summed E-state index contributed by atoms with van der Waals surface area (Å²) < 4.78 is 13.4. The van der Waals surface area contributed by atoms with Crippen molar-refractivity contribution >= 4 is 29.3 Å². The fraction of sp³-hybridized carbons (Fsp3) is 0.368. The van der Waals surface area contributed by atoms with Gasteiger partial charge in [0, 0.05) is 29.2 Å². The van der Waals surface area contributed by atoms with E-state index in [1.165, 1.54) is 31.3 Å². The maximum atomic E-state index is 13.4. The van der Waals surface area contributed by atoms with Crippen molar-refractivity contribution in [2.45, 2.75) is 37.3 Å². The summed E-state index contributed by atoms with van der Waals surface area (Å²) in [5.41, 5.74) is 1.83. The number of aliphatic hydroxyl groups is 1. The largest absolute Gasteiger partial charge is 0.391 e. The summed E-state index contributed by atoms with van der Waals surface area (Å²) in [6, 6.07) is 5.97. The molecule has 3 N–H and O–H groups in total. The molecule has 0 spiro atoms. The highest BCUT2D eigenvalue weighted by Gasteiger charge is 2.35. The number of nitrogens with one attached hydrogen (secondary N) is 2. The summed E-state index contributed by atoms with van der Waals surface area (Å²) in [7, 11) is 0. The van der Waals surface area contributed by atoms with Gasteiger partial charge in [0.25, 0.3) is 0 Å². The molecule has 1 aliphatic carbocycles. The molecule has 2 aromatic heterocycles. The Morgan fingerprint density at radius 1 is 1.24 bits per heavy atom. The van der Waals surface area contributed by atoms with Gasteiger partial charge in [0.1, 0.15) is 12.1 Å². The molecule has 2 aliphatic rings. The number of hydrogen-bond donors (Lipinski definition) is 3. The van der Waals surface area contributed by atoms with E-state index < -0.39 is 11.9 Å². The Morgan fingerprint density at radius 3 is 2.90 bits per heavy atom. The van der Waals surface area contributed by atoms with Crippen LogP contribution in [0.3, 0.4) is 0 Å². The Labute approximate surface area is 171 Å². The van der Waals surface area contributed by atoms with Gasteiger partial charge in [-0.1, -0.05) is 17.7 Å². The summed E-state index contributed by atoms with van der Waals surface area (Å²) in [5.74, 6) is 1.57. The average Bonchev–Trinajstić information content (AvgIpc) is 3.32. The summed E-state index contributed by atoms with van der Waals surface area (Å²) in [6.07, 6.45) is 3.66. The molecule has 0 bridgehead atoms. The molecule has 8 nitrogen and oxygen atoms in total. The van der Waals surface area contributed by atoms with E-state index in [1.54, 1.807) is 6.07 Å². The number of aromatic amines is 1. The molecule has 3 heterocycles. The Bertz CT molecular complexity index is 1040. The van der Waals surface area contributed by atoms with Crippen LogP contribution in [-0.2, 0) is 0 Å². The van der Waals surface area contributed by atoms with Crippen LogP contribution in [0.5, 0.6) is 0 Å². The minimum atomic E-state index is -0.568. The molecule has 29 heavy (non-hydrogen) atoms. The first-order chi connectivity index (χ1) is 14.1. The first-order valence-corrected chi connectivity index (χ1v) is 9.85. The van der Waals surface area contributed by atoms with Crippen molar-refractivity contribution in [1.29, 1.82) is 0 Å². The van der Waals surface area contributed by atoms with Crippen LogP contribution in [0.15, 0.2) is 30.6 Å². The highest BCUT2D eigenvalue weighted by Crippen LogP contribution is 2.40. The summed E-state index contributed by atoms with van der Waals surface area (Å²) >= 11 is 6.26. The predicted molar refractivity (Wildman–Crippen MR) is 106 cm³/mol. The molecule has 5 rings (SSSR count). The Kier molecular flexibility index (Phi) is 4.56. The van der Waals surface area contributed by atoms with Crippen molar-refractivity contribution in [2.75, 3.05) is 16.8 Å². The average molecular weight is 416 g/mol. The zero-order valence-corrected chi connectivity index (χ0v) is 16.1. The number of anilines is 3. The molecule has 2 unspecified atom stereocenters. The second-order valence-corrected chi connectivity index (χ2v) is 7.85. The number of H-pyrrole nitrogens is 1. The van der Waals surface area contributed by atoms with Gasteiger partial charge in [-0.15, -0.1) is 0 Å². The molecule has 150 valence electrons. The number of benzene rings is 1. The first kappa shape index (κ1) is 18.3. The molecule has 2 atom stereocenters. The van der Waals surface area contributed by atoms with Crippen LogP contribution in [0.25, 0.3) is 0 Å². The second-order valence-electron chi connectivity index (χ2n) is 7.44. The second kappa shape index (κ2) is 7.23. The zero-order chi connectivity index (χ0) is 20.0. The third-order valence-electron chi connectivity index (χ3n) is 5.27. The van der Waals surface area contributed by atoms with Crippen LogP contribution in [-0.4, -0.2) is 42.9 Å². The van der Waals surface area contributed by atoms with Crippen molar-refractivity contribution < 1.29 is 9.50 Å². The van der Waals surface area contributed by atoms with Gasteiger partial charge in [0.05, 0.1) is 12.1 Å². The third-order valence-corrected chi connectivity index (χ3v) is 5.60. The highest BCUT2D eigenvalue weighted by atomic mass is 35.5. The van der Waals surface area contributed by atoms with Crippen molar-refractivity contribution in [3.8, 4) is 0 Å². The molecule has 1 saturated carbocycles. The summed E-state index contributed by atoms with van der Waals surface area (Å²) in [5, 5.41) is 20.9. The number of halogens is 2. The Morgan fingerprint density at radius 2 is 2.10 bits per heavy atom. The SMILES string of the molecule is OC1CC(c2ccc(F)cc2Cl)N(c2ncnc(Nc3cc(C4CC4)[nH]n3)n2)C1. The third kappa shape index (κ3) is 3.75. The number of aromatic nitrogens is 5. The lowest BCUT2D eigenvalue weighted by atomic mass is 10.0. The lowest BCUT2D eigenvalue weighted by Gasteiger charge is -2.25. The van der Waals surface area contributed by atoms with Crippen LogP contribution in [0.1, 0.15) is 42.5 Å². The number of β-amino-alcohol motifs (C(OH)–C–C–N with tert-alkyl or cyclic N) is 1. The Balaban J connectivity index is 1.40. The van der Waals surface area contributed by atoms with E-state index >= 15 is 0 Å². The van der Waals surface area contributed by atoms with E-state index in [0.717, 1.165) is 11.3 Å². The lowest BCUT2D eigenvalue weighted by molar-refractivity contribution is 0.194. The van der Waals surface area contributed by atoms with Crippen LogP contribution in [0, 0.1) is 5.82 Å². The topological polar surface area (TPSA) is 103 Å². The van der Waals surface area contributed by atoms with Crippen LogP contribution < -0.4 is 10.2 Å². The fourth-order valence-electron chi connectivity index (χ4n) is 3.71. The van der Waals surface area contributed by atoms with Gasteiger partial charge in [0.2, 0.25) is 11.9 Å².